The molecule has 0 spiro atoms. The molecule has 1 amide bonds. The molecular formula is C11H19NO3. The summed E-state index contributed by atoms with van der Waals surface area (Å²) in [5, 5.41) is 0. The van der Waals surface area contributed by atoms with E-state index in [4.69, 9.17) is 4.74 Å². The first-order valence-electron chi connectivity index (χ1n) is 5.03. The molecule has 0 saturated heterocycles. The molecule has 0 bridgehead atoms. The molecule has 86 valence electrons. The van der Waals surface area contributed by atoms with Crippen LogP contribution >= 0.6 is 0 Å². The van der Waals surface area contributed by atoms with Crippen molar-refractivity contribution < 1.29 is 14.3 Å². The first-order chi connectivity index (χ1) is 6.97. The molecule has 0 N–H and O–H groups in total. The van der Waals surface area contributed by atoms with Crippen LogP contribution in [0.2, 0.25) is 0 Å². The van der Waals surface area contributed by atoms with Crippen molar-refractivity contribution in [3.8, 4) is 0 Å². The van der Waals surface area contributed by atoms with E-state index in [0.717, 1.165) is 12.0 Å². The van der Waals surface area contributed by atoms with Gasteiger partial charge in [-0.3, -0.25) is 9.59 Å². The van der Waals surface area contributed by atoms with E-state index < -0.39 is 0 Å². The molecule has 0 aromatic heterocycles. The molecule has 15 heavy (non-hydrogen) atoms. The Morgan fingerprint density at radius 2 is 1.93 bits per heavy atom. The maximum atomic E-state index is 11.4. The Bertz CT molecular complexity index is 255. The average Bonchev–Trinajstić information content (AvgIpc) is 2.13. The normalized spacial score (nSPS) is 9.33. The molecule has 0 aromatic carbocycles. The summed E-state index contributed by atoms with van der Waals surface area (Å²) in [5.74, 6) is -0.543. The van der Waals surface area contributed by atoms with E-state index in [1.165, 1.54) is 11.0 Å². The summed E-state index contributed by atoms with van der Waals surface area (Å²) >= 11 is 0. The standard InChI is InChI=1S/C11H19NO3/c1-5-6-15-11(14)8-12(4)10(13)7-9(2)3/h7H,5-6,8H2,1-4H3. The fraction of sp³-hybridized carbons (Fsp3) is 0.636. The number of nitrogens with zero attached hydrogens (tertiary/aromatic N) is 1. The number of amides is 1. The van der Waals surface area contributed by atoms with Crippen LogP contribution in [0.15, 0.2) is 11.6 Å². The van der Waals surface area contributed by atoms with Crippen molar-refractivity contribution in [3.05, 3.63) is 11.6 Å². The predicted octanol–water partition coefficient (Wildman–Crippen LogP) is 1.36. The summed E-state index contributed by atoms with van der Waals surface area (Å²) in [5.41, 5.74) is 0.911. The fourth-order valence-corrected chi connectivity index (χ4v) is 0.890. The minimum atomic E-state index is -0.366. The number of carbonyl (C=O) groups is 2. The molecular weight excluding hydrogens is 194 g/mol. The zero-order chi connectivity index (χ0) is 11.8. The van der Waals surface area contributed by atoms with Gasteiger partial charge in [-0.2, -0.15) is 0 Å². The number of esters is 1. The van der Waals surface area contributed by atoms with Gasteiger partial charge in [-0.15, -0.1) is 0 Å². The van der Waals surface area contributed by atoms with E-state index in [2.05, 4.69) is 0 Å². The monoisotopic (exact) mass is 213 g/mol. The van der Waals surface area contributed by atoms with Gasteiger partial charge in [0.1, 0.15) is 6.54 Å². The van der Waals surface area contributed by atoms with E-state index in [1.54, 1.807) is 7.05 Å². The lowest BCUT2D eigenvalue weighted by molar-refractivity contribution is -0.147. The van der Waals surface area contributed by atoms with Gasteiger partial charge in [0, 0.05) is 13.1 Å². The largest absolute Gasteiger partial charge is 0.464 e. The molecule has 0 aliphatic rings. The van der Waals surface area contributed by atoms with Crippen LogP contribution in [0.5, 0.6) is 0 Å². The second-order valence-corrected chi connectivity index (χ2v) is 3.64. The van der Waals surface area contributed by atoms with Crippen LogP contribution in [0.1, 0.15) is 27.2 Å². The maximum absolute atomic E-state index is 11.4. The Kier molecular flexibility index (Phi) is 6.42. The summed E-state index contributed by atoms with van der Waals surface area (Å²) < 4.78 is 4.86. The van der Waals surface area contributed by atoms with E-state index in [1.807, 2.05) is 20.8 Å². The van der Waals surface area contributed by atoms with Crippen molar-refractivity contribution in [1.29, 1.82) is 0 Å². The van der Waals surface area contributed by atoms with Gasteiger partial charge in [-0.25, -0.2) is 0 Å². The average molecular weight is 213 g/mol. The van der Waals surface area contributed by atoms with Crippen LogP contribution in [0, 0.1) is 0 Å². The number of hydrogen-bond donors (Lipinski definition) is 0. The summed E-state index contributed by atoms with van der Waals surface area (Å²) in [6.45, 7) is 6.00. The Balaban J connectivity index is 4.02. The lowest BCUT2D eigenvalue weighted by atomic mass is 10.3. The Hall–Kier alpha value is -1.32. The lowest BCUT2D eigenvalue weighted by Crippen LogP contribution is -2.32. The minimum Gasteiger partial charge on any atom is -0.464 e. The molecule has 0 atom stereocenters. The van der Waals surface area contributed by atoms with Gasteiger partial charge in [-0.05, 0) is 20.3 Å². The van der Waals surface area contributed by atoms with Gasteiger partial charge in [0.15, 0.2) is 0 Å². The quantitative estimate of drug-likeness (QED) is 0.512. The summed E-state index contributed by atoms with van der Waals surface area (Å²) in [4.78, 5) is 23.9. The molecule has 0 fully saturated rings. The van der Waals surface area contributed by atoms with Crippen molar-refractivity contribution >= 4 is 11.9 Å². The highest BCUT2D eigenvalue weighted by molar-refractivity contribution is 5.90. The third-order valence-electron chi connectivity index (χ3n) is 1.62. The number of allylic oxidation sites excluding steroid dienone is 1. The van der Waals surface area contributed by atoms with E-state index in [9.17, 15) is 9.59 Å². The highest BCUT2D eigenvalue weighted by atomic mass is 16.5. The van der Waals surface area contributed by atoms with Crippen molar-refractivity contribution in [1.82, 2.24) is 4.90 Å². The van der Waals surface area contributed by atoms with Gasteiger partial charge < -0.3 is 9.64 Å². The molecule has 0 rings (SSSR count). The second-order valence-electron chi connectivity index (χ2n) is 3.64. The van der Waals surface area contributed by atoms with Crippen molar-refractivity contribution in [3.63, 3.8) is 0 Å². The topological polar surface area (TPSA) is 46.6 Å². The maximum Gasteiger partial charge on any atom is 0.325 e. The van der Waals surface area contributed by atoms with Crippen molar-refractivity contribution in [2.45, 2.75) is 27.2 Å². The molecule has 0 aromatic rings. The molecule has 4 nitrogen and oxygen atoms in total. The highest BCUT2D eigenvalue weighted by Crippen LogP contribution is 1.94. The van der Waals surface area contributed by atoms with E-state index >= 15 is 0 Å². The van der Waals surface area contributed by atoms with Crippen LogP contribution in [-0.2, 0) is 14.3 Å². The van der Waals surface area contributed by atoms with Crippen LogP contribution in [-0.4, -0.2) is 37.0 Å². The number of hydrogen-bond acceptors (Lipinski definition) is 3. The predicted molar refractivity (Wildman–Crippen MR) is 58.3 cm³/mol. The Morgan fingerprint density at radius 1 is 1.33 bits per heavy atom. The zero-order valence-corrected chi connectivity index (χ0v) is 9.87. The van der Waals surface area contributed by atoms with Gasteiger partial charge in [-0.1, -0.05) is 12.5 Å². The third kappa shape index (κ3) is 6.71. The van der Waals surface area contributed by atoms with Gasteiger partial charge in [0.25, 0.3) is 0 Å². The van der Waals surface area contributed by atoms with Gasteiger partial charge >= 0.3 is 5.97 Å². The minimum absolute atomic E-state index is 0.00259. The molecule has 0 unspecified atom stereocenters. The van der Waals surface area contributed by atoms with E-state index in [0.29, 0.717) is 6.61 Å². The first kappa shape index (κ1) is 13.7. The number of rotatable bonds is 5. The van der Waals surface area contributed by atoms with Gasteiger partial charge in [0.2, 0.25) is 5.91 Å². The highest BCUT2D eigenvalue weighted by Gasteiger charge is 2.11. The number of likely N-dealkylation sites (N-methyl/N-ethyl adjacent to an activating group) is 1. The van der Waals surface area contributed by atoms with Crippen LogP contribution in [0.4, 0.5) is 0 Å². The molecule has 0 saturated carbocycles. The summed E-state index contributed by atoms with van der Waals surface area (Å²) in [7, 11) is 1.58. The fourth-order valence-electron chi connectivity index (χ4n) is 0.890. The Morgan fingerprint density at radius 3 is 2.40 bits per heavy atom. The van der Waals surface area contributed by atoms with E-state index in [-0.39, 0.29) is 18.4 Å². The third-order valence-corrected chi connectivity index (χ3v) is 1.62. The molecule has 4 heteroatoms. The van der Waals surface area contributed by atoms with Crippen LogP contribution < -0.4 is 0 Å². The SMILES string of the molecule is CCCOC(=O)CN(C)C(=O)C=C(C)C. The first-order valence-corrected chi connectivity index (χ1v) is 5.03. The second kappa shape index (κ2) is 7.04. The zero-order valence-electron chi connectivity index (χ0n) is 9.87. The summed E-state index contributed by atoms with van der Waals surface area (Å²) in [6, 6.07) is 0. The molecule has 0 aliphatic carbocycles. The smallest absolute Gasteiger partial charge is 0.325 e. The lowest BCUT2D eigenvalue weighted by Gasteiger charge is -2.14. The molecule has 0 radical (unpaired) electrons. The van der Waals surface area contributed by atoms with Crippen LogP contribution in [0.3, 0.4) is 0 Å². The number of ether oxygens (including phenoxy) is 1. The summed E-state index contributed by atoms with van der Waals surface area (Å²) in [6.07, 6.45) is 2.28. The van der Waals surface area contributed by atoms with Gasteiger partial charge in [0.05, 0.1) is 6.61 Å². The van der Waals surface area contributed by atoms with Crippen LogP contribution in [0.25, 0.3) is 0 Å². The molecule has 0 heterocycles. The van der Waals surface area contributed by atoms with Crippen molar-refractivity contribution in [2.24, 2.45) is 0 Å². The Labute approximate surface area is 90.9 Å². The van der Waals surface area contributed by atoms with Crippen molar-refractivity contribution in [2.75, 3.05) is 20.2 Å². The number of carbonyl (C=O) groups excluding carboxylic acids is 2. The molecule has 0 aliphatic heterocycles.